The minimum Gasteiger partial charge on any atom is -0.399 e. The fourth-order valence-electron chi connectivity index (χ4n) is 1.13. The summed E-state index contributed by atoms with van der Waals surface area (Å²) < 4.78 is 4.63. The van der Waals surface area contributed by atoms with E-state index in [1.807, 2.05) is 12.1 Å². The lowest BCUT2D eigenvalue weighted by molar-refractivity contribution is 0.334. The lowest BCUT2D eigenvalue weighted by Gasteiger charge is -2.07. The largest absolute Gasteiger partial charge is 0.484 e. The molecule has 0 aromatic heterocycles. The predicted molar refractivity (Wildman–Crippen MR) is 56.4 cm³/mol. The van der Waals surface area contributed by atoms with Gasteiger partial charge in [0.1, 0.15) is 6.42 Å². The van der Waals surface area contributed by atoms with Crippen molar-refractivity contribution in [3.05, 3.63) is 29.8 Å². The number of nitrogen functional groups attached to an aromatic ring is 1. The summed E-state index contributed by atoms with van der Waals surface area (Å²) in [6.07, 6.45) is 0.292. The summed E-state index contributed by atoms with van der Waals surface area (Å²) in [5.41, 5.74) is 13.0. The molecular formula is C10H15N2O2+. The van der Waals surface area contributed by atoms with Gasteiger partial charge in [0.05, 0.1) is 0 Å². The van der Waals surface area contributed by atoms with E-state index in [1.165, 1.54) is 7.11 Å². The van der Waals surface area contributed by atoms with Crippen molar-refractivity contribution in [2.75, 3.05) is 12.8 Å². The quantitative estimate of drug-likeness (QED) is 0.425. The summed E-state index contributed by atoms with van der Waals surface area (Å²) in [5.74, 6) is -0.0608. The number of esters is 1. The average Bonchev–Trinajstić information content (AvgIpc) is 2.18. The Balaban J connectivity index is 2.65. The summed E-state index contributed by atoms with van der Waals surface area (Å²) in [6, 6.07) is 6.96. The van der Waals surface area contributed by atoms with E-state index in [2.05, 4.69) is 4.74 Å². The maximum atomic E-state index is 9.13. The lowest BCUT2D eigenvalue weighted by atomic mass is 10.0. The van der Waals surface area contributed by atoms with Crippen LogP contribution in [0.2, 0.25) is 0 Å². The number of ether oxygens (including phenoxy) is 1. The van der Waals surface area contributed by atoms with Crippen molar-refractivity contribution in [1.29, 1.82) is 0 Å². The van der Waals surface area contributed by atoms with Crippen molar-refractivity contribution in [1.82, 2.24) is 0 Å². The van der Waals surface area contributed by atoms with Crippen LogP contribution in [-0.4, -0.2) is 17.9 Å². The van der Waals surface area contributed by atoms with Crippen LogP contribution in [0.15, 0.2) is 24.3 Å². The van der Waals surface area contributed by atoms with Gasteiger partial charge in [0.2, 0.25) is 0 Å². The zero-order valence-corrected chi connectivity index (χ0v) is 8.10. The number of rotatable bonds is 3. The Kier molecular flexibility index (Phi) is 3.48. The van der Waals surface area contributed by atoms with E-state index in [4.69, 9.17) is 16.3 Å². The fourth-order valence-corrected chi connectivity index (χ4v) is 1.13. The van der Waals surface area contributed by atoms with Crippen molar-refractivity contribution >= 4 is 11.7 Å². The molecule has 1 unspecified atom stereocenters. The average molecular weight is 195 g/mol. The van der Waals surface area contributed by atoms with E-state index in [0.29, 0.717) is 12.1 Å². The van der Waals surface area contributed by atoms with Crippen LogP contribution in [0.1, 0.15) is 18.0 Å². The number of carbonyl (C=O) groups excluding carboxylic acids is 1. The van der Waals surface area contributed by atoms with Gasteiger partial charge in [0, 0.05) is 11.7 Å². The van der Waals surface area contributed by atoms with Gasteiger partial charge in [-0.2, -0.15) is 0 Å². The molecule has 1 rings (SSSR count). The van der Waals surface area contributed by atoms with Crippen LogP contribution >= 0.6 is 0 Å². The number of nitrogens with two attached hydrogens (primary N) is 2. The molecule has 0 aliphatic carbocycles. The second kappa shape index (κ2) is 4.62. The molecule has 76 valence electrons. The van der Waals surface area contributed by atoms with Crippen LogP contribution in [0.3, 0.4) is 0 Å². The Morgan fingerprint density at radius 3 is 2.50 bits per heavy atom. The highest BCUT2D eigenvalue weighted by Gasteiger charge is 2.16. The molecule has 0 bridgehead atoms. The monoisotopic (exact) mass is 195 g/mol. The Bertz CT molecular complexity index is 308. The minimum atomic E-state index is -0.268. The molecule has 0 spiro atoms. The van der Waals surface area contributed by atoms with Crippen LogP contribution < -0.4 is 11.5 Å². The highest BCUT2D eigenvalue weighted by molar-refractivity contribution is 5.71. The highest BCUT2D eigenvalue weighted by Crippen LogP contribution is 2.15. The van der Waals surface area contributed by atoms with Crippen molar-refractivity contribution in [3.8, 4) is 0 Å². The molecule has 4 nitrogen and oxygen atoms in total. The second-order valence-electron chi connectivity index (χ2n) is 3.08. The van der Waals surface area contributed by atoms with Gasteiger partial charge in [-0.15, -0.1) is 0 Å². The van der Waals surface area contributed by atoms with Crippen LogP contribution in [0.25, 0.3) is 0 Å². The lowest BCUT2D eigenvalue weighted by Crippen LogP contribution is -2.16. The van der Waals surface area contributed by atoms with Gasteiger partial charge in [-0.3, -0.25) is 0 Å². The van der Waals surface area contributed by atoms with Crippen molar-refractivity contribution in [2.45, 2.75) is 12.5 Å². The number of anilines is 1. The van der Waals surface area contributed by atoms with Gasteiger partial charge in [0.15, 0.2) is 7.11 Å². The maximum Gasteiger partial charge on any atom is 0.484 e. The molecule has 4 heteroatoms. The molecule has 0 aliphatic rings. The number of hydrogen-bond donors (Lipinski definition) is 2. The van der Waals surface area contributed by atoms with Gasteiger partial charge in [0.25, 0.3) is 0 Å². The Hall–Kier alpha value is -1.55. The number of hydrogen-bond acceptors (Lipinski definition) is 3. The molecule has 0 heterocycles. The molecule has 14 heavy (non-hydrogen) atoms. The van der Waals surface area contributed by atoms with Crippen LogP contribution in [0.4, 0.5) is 5.69 Å². The van der Waals surface area contributed by atoms with Crippen LogP contribution in [0.5, 0.6) is 0 Å². The summed E-state index contributed by atoms with van der Waals surface area (Å²) in [6.45, 7) is 0. The highest BCUT2D eigenvalue weighted by atomic mass is 16.5. The van der Waals surface area contributed by atoms with Gasteiger partial charge < -0.3 is 21.0 Å². The van der Waals surface area contributed by atoms with E-state index in [9.17, 15) is 0 Å². The molecule has 1 aromatic rings. The molecule has 1 atom stereocenters. The van der Waals surface area contributed by atoms with Crippen molar-refractivity contribution in [3.63, 3.8) is 0 Å². The molecule has 0 fully saturated rings. The number of methoxy groups -OCH3 is 1. The van der Waals surface area contributed by atoms with E-state index in [0.717, 1.165) is 5.56 Å². The van der Waals surface area contributed by atoms with Crippen molar-refractivity contribution < 1.29 is 9.53 Å². The first-order valence-electron chi connectivity index (χ1n) is 4.33. The summed E-state index contributed by atoms with van der Waals surface area (Å²) >= 11 is 0. The third kappa shape index (κ3) is 2.74. The third-order valence-corrected chi connectivity index (χ3v) is 1.99. The SMILES string of the molecule is COC(=[OH+])CC(N)c1ccc(N)cc1. The normalized spacial score (nSPS) is 12.1. The van der Waals surface area contributed by atoms with Gasteiger partial charge in [-0.25, -0.2) is 0 Å². The van der Waals surface area contributed by atoms with Gasteiger partial charge in [-0.05, 0) is 17.7 Å². The number of benzene rings is 1. The summed E-state index contributed by atoms with van der Waals surface area (Å²) in [4.78, 5) is 9.13. The van der Waals surface area contributed by atoms with E-state index < -0.39 is 0 Å². The minimum absolute atomic E-state index is 0.0608. The molecule has 0 amide bonds. The summed E-state index contributed by atoms with van der Waals surface area (Å²) in [5, 5.41) is 0. The first-order valence-corrected chi connectivity index (χ1v) is 4.33. The van der Waals surface area contributed by atoms with Gasteiger partial charge >= 0.3 is 5.97 Å². The molecule has 0 saturated heterocycles. The molecule has 5 N–H and O–H groups in total. The smallest absolute Gasteiger partial charge is 0.399 e. The van der Waals surface area contributed by atoms with E-state index in [1.54, 1.807) is 12.1 Å². The van der Waals surface area contributed by atoms with Crippen molar-refractivity contribution in [2.24, 2.45) is 5.73 Å². The first kappa shape index (κ1) is 10.5. The molecule has 0 saturated carbocycles. The van der Waals surface area contributed by atoms with Gasteiger partial charge in [-0.1, -0.05) is 12.1 Å². The second-order valence-corrected chi connectivity index (χ2v) is 3.08. The Morgan fingerprint density at radius 2 is 2.00 bits per heavy atom. The van der Waals surface area contributed by atoms with E-state index >= 15 is 0 Å². The fraction of sp³-hybridized carbons (Fsp3) is 0.300. The summed E-state index contributed by atoms with van der Waals surface area (Å²) in [7, 11) is 1.41. The molecule has 1 aromatic carbocycles. The molecular weight excluding hydrogens is 180 g/mol. The molecule has 0 radical (unpaired) electrons. The Labute approximate surface area is 82.8 Å². The van der Waals surface area contributed by atoms with Crippen LogP contribution in [-0.2, 0) is 4.74 Å². The van der Waals surface area contributed by atoms with E-state index in [-0.39, 0.29) is 12.0 Å². The first-order chi connectivity index (χ1) is 6.63. The predicted octanol–water partition coefficient (Wildman–Crippen LogP) is 0.807. The van der Waals surface area contributed by atoms with Crippen LogP contribution in [0, 0.1) is 0 Å². The standard InChI is InChI=1S/C10H14N2O2/c1-14-10(13)6-9(12)7-2-4-8(11)5-3-7/h2-5,9H,6,11-12H2,1H3/p+1. The topological polar surface area (TPSA) is 82.7 Å². The molecule has 0 aliphatic heterocycles. The Morgan fingerprint density at radius 1 is 1.43 bits per heavy atom. The zero-order chi connectivity index (χ0) is 10.6. The zero-order valence-electron chi connectivity index (χ0n) is 8.10. The third-order valence-electron chi connectivity index (χ3n) is 1.99. The maximum absolute atomic E-state index is 9.13.